The molecule has 1 heterocycles. The summed E-state index contributed by atoms with van der Waals surface area (Å²) < 4.78 is 5.30. The molecule has 1 aliphatic rings. The van der Waals surface area contributed by atoms with E-state index in [1.807, 2.05) is 13.8 Å². The van der Waals surface area contributed by atoms with Gasteiger partial charge in [-0.25, -0.2) is 0 Å². The van der Waals surface area contributed by atoms with Crippen molar-refractivity contribution in [3.05, 3.63) is 0 Å². The molecule has 6 nitrogen and oxygen atoms in total. The van der Waals surface area contributed by atoms with Crippen LogP contribution in [0.2, 0.25) is 0 Å². The van der Waals surface area contributed by atoms with E-state index in [4.69, 9.17) is 10.5 Å². The van der Waals surface area contributed by atoms with Crippen molar-refractivity contribution in [2.24, 2.45) is 17.6 Å². The SMILES string of the molecule is CCC1OCC(=O)C1NC(=O)CCC(C)C(C)C(N)=O. The van der Waals surface area contributed by atoms with Crippen molar-refractivity contribution >= 4 is 17.6 Å². The smallest absolute Gasteiger partial charge is 0.220 e. The predicted octanol–water partition coefficient (Wildman–Crippen LogP) is 0.387. The Morgan fingerprint density at radius 2 is 2.10 bits per heavy atom. The van der Waals surface area contributed by atoms with E-state index in [0.29, 0.717) is 12.8 Å². The van der Waals surface area contributed by atoms with Crippen LogP contribution in [-0.4, -0.2) is 36.4 Å². The van der Waals surface area contributed by atoms with Gasteiger partial charge in [0.25, 0.3) is 0 Å². The summed E-state index contributed by atoms with van der Waals surface area (Å²) in [6.07, 6.45) is 1.30. The summed E-state index contributed by atoms with van der Waals surface area (Å²) in [5.74, 6) is -0.846. The first-order valence-electron chi connectivity index (χ1n) is 7.09. The quantitative estimate of drug-likeness (QED) is 0.706. The molecule has 20 heavy (non-hydrogen) atoms. The molecule has 2 amide bonds. The highest BCUT2D eigenvalue weighted by molar-refractivity contribution is 5.91. The van der Waals surface area contributed by atoms with Gasteiger partial charge in [0.15, 0.2) is 5.78 Å². The molecule has 0 radical (unpaired) electrons. The second-order valence-electron chi connectivity index (χ2n) is 5.48. The molecular weight excluding hydrogens is 260 g/mol. The van der Waals surface area contributed by atoms with Gasteiger partial charge in [-0.05, 0) is 18.8 Å². The lowest BCUT2D eigenvalue weighted by Crippen LogP contribution is -2.44. The lowest BCUT2D eigenvalue weighted by Gasteiger charge is -2.19. The highest BCUT2D eigenvalue weighted by atomic mass is 16.5. The Balaban J connectivity index is 2.40. The Morgan fingerprint density at radius 3 is 2.65 bits per heavy atom. The molecule has 4 unspecified atom stereocenters. The third-order valence-corrected chi connectivity index (χ3v) is 4.01. The standard InChI is InChI=1S/C14H24N2O4/c1-4-11-13(10(17)7-20-11)16-12(18)6-5-8(2)9(3)14(15)19/h8-9,11,13H,4-7H2,1-3H3,(H2,15,19)(H,16,18). The molecule has 1 rings (SSSR count). The fourth-order valence-electron chi connectivity index (χ4n) is 2.24. The number of carbonyl (C=O) groups excluding carboxylic acids is 3. The van der Waals surface area contributed by atoms with Crippen LogP contribution in [0.15, 0.2) is 0 Å². The molecule has 0 saturated carbocycles. The highest BCUT2D eigenvalue weighted by Crippen LogP contribution is 2.17. The van der Waals surface area contributed by atoms with E-state index < -0.39 is 6.04 Å². The number of ketones is 1. The Kier molecular flexibility index (Phi) is 6.13. The average Bonchev–Trinajstić information content (AvgIpc) is 2.75. The van der Waals surface area contributed by atoms with Gasteiger partial charge in [0.05, 0.1) is 6.10 Å². The second-order valence-corrected chi connectivity index (χ2v) is 5.48. The monoisotopic (exact) mass is 284 g/mol. The maximum absolute atomic E-state index is 11.9. The van der Waals surface area contributed by atoms with Crippen LogP contribution in [0.1, 0.15) is 40.0 Å². The number of primary amides is 1. The lowest BCUT2D eigenvalue weighted by molar-refractivity contribution is -0.127. The van der Waals surface area contributed by atoms with Gasteiger partial charge in [0, 0.05) is 12.3 Å². The molecule has 1 fully saturated rings. The van der Waals surface area contributed by atoms with E-state index >= 15 is 0 Å². The largest absolute Gasteiger partial charge is 0.369 e. The first-order chi connectivity index (χ1) is 9.36. The molecule has 0 spiro atoms. The summed E-state index contributed by atoms with van der Waals surface area (Å²) in [5, 5.41) is 2.72. The lowest BCUT2D eigenvalue weighted by atomic mass is 9.91. The summed E-state index contributed by atoms with van der Waals surface area (Å²) in [7, 11) is 0. The van der Waals surface area contributed by atoms with E-state index in [1.54, 1.807) is 6.92 Å². The number of rotatable bonds is 7. The van der Waals surface area contributed by atoms with Crippen LogP contribution in [0, 0.1) is 11.8 Å². The zero-order valence-electron chi connectivity index (χ0n) is 12.3. The van der Waals surface area contributed by atoms with Gasteiger partial charge in [-0.3, -0.25) is 14.4 Å². The number of amides is 2. The fraction of sp³-hybridized carbons (Fsp3) is 0.786. The molecule has 1 saturated heterocycles. The van der Waals surface area contributed by atoms with Gasteiger partial charge >= 0.3 is 0 Å². The summed E-state index contributed by atoms with van der Waals surface area (Å²) in [6.45, 7) is 5.63. The van der Waals surface area contributed by atoms with Gasteiger partial charge < -0.3 is 15.8 Å². The number of Topliss-reactive ketones (excluding diaryl/α,β-unsaturated/α-hetero) is 1. The predicted molar refractivity (Wildman–Crippen MR) is 73.7 cm³/mol. The van der Waals surface area contributed by atoms with E-state index in [-0.39, 0.29) is 48.6 Å². The fourth-order valence-corrected chi connectivity index (χ4v) is 2.24. The molecular formula is C14H24N2O4. The summed E-state index contributed by atoms with van der Waals surface area (Å²) >= 11 is 0. The maximum atomic E-state index is 11.9. The summed E-state index contributed by atoms with van der Waals surface area (Å²) in [4.78, 5) is 34.5. The maximum Gasteiger partial charge on any atom is 0.220 e. The third-order valence-electron chi connectivity index (χ3n) is 4.01. The van der Waals surface area contributed by atoms with E-state index in [1.165, 1.54) is 0 Å². The molecule has 0 aromatic heterocycles. The number of nitrogens with two attached hydrogens (primary N) is 1. The zero-order valence-corrected chi connectivity index (χ0v) is 12.3. The molecule has 3 N–H and O–H groups in total. The van der Waals surface area contributed by atoms with Crippen molar-refractivity contribution in [2.45, 2.75) is 52.2 Å². The van der Waals surface area contributed by atoms with Gasteiger partial charge in [0.1, 0.15) is 12.6 Å². The Morgan fingerprint density at radius 1 is 1.45 bits per heavy atom. The third kappa shape index (κ3) is 4.30. The first kappa shape index (κ1) is 16.6. The van der Waals surface area contributed by atoms with Gasteiger partial charge in [-0.1, -0.05) is 20.8 Å². The van der Waals surface area contributed by atoms with Crippen LogP contribution in [0.4, 0.5) is 0 Å². The summed E-state index contributed by atoms with van der Waals surface area (Å²) in [6, 6.07) is -0.531. The Hall–Kier alpha value is -1.43. The highest BCUT2D eigenvalue weighted by Gasteiger charge is 2.35. The number of hydrogen-bond donors (Lipinski definition) is 2. The first-order valence-corrected chi connectivity index (χ1v) is 7.09. The minimum absolute atomic E-state index is 0.0377. The van der Waals surface area contributed by atoms with Crippen LogP contribution in [-0.2, 0) is 19.1 Å². The molecule has 114 valence electrons. The minimum Gasteiger partial charge on any atom is -0.369 e. The molecule has 4 atom stereocenters. The van der Waals surface area contributed by atoms with Crippen molar-refractivity contribution in [1.82, 2.24) is 5.32 Å². The Bertz CT molecular complexity index is 383. The number of nitrogens with one attached hydrogen (secondary N) is 1. The van der Waals surface area contributed by atoms with Crippen LogP contribution in [0.25, 0.3) is 0 Å². The van der Waals surface area contributed by atoms with E-state index in [9.17, 15) is 14.4 Å². The number of hydrogen-bond acceptors (Lipinski definition) is 4. The van der Waals surface area contributed by atoms with Gasteiger partial charge in [0.2, 0.25) is 11.8 Å². The Labute approximate surface area is 119 Å². The van der Waals surface area contributed by atoms with E-state index in [0.717, 1.165) is 0 Å². The molecule has 0 aromatic carbocycles. The van der Waals surface area contributed by atoms with Gasteiger partial charge in [-0.15, -0.1) is 0 Å². The molecule has 0 aliphatic carbocycles. The number of carbonyl (C=O) groups is 3. The molecule has 6 heteroatoms. The van der Waals surface area contributed by atoms with Crippen molar-refractivity contribution in [3.63, 3.8) is 0 Å². The number of ether oxygens (including phenoxy) is 1. The average molecular weight is 284 g/mol. The zero-order chi connectivity index (χ0) is 15.3. The van der Waals surface area contributed by atoms with Crippen molar-refractivity contribution in [1.29, 1.82) is 0 Å². The minimum atomic E-state index is -0.531. The van der Waals surface area contributed by atoms with Crippen molar-refractivity contribution in [2.75, 3.05) is 6.61 Å². The van der Waals surface area contributed by atoms with E-state index in [2.05, 4.69) is 5.32 Å². The molecule has 1 aliphatic heterocycles. The summed E-state index contributed by atoms with van der Waals surface area (Å²) in [5.41, 5.74) is 5.23. The van der Waals surface area contributed by atoms with Crippen LogP contribution >= 0.6 is 0 Å². The van der Waals surface area contributed by atoms with Gasteiger partial charge in [-0.2, -0.15) is 0 Å². The van der Waals surface area contributed by atoms with Crippen LogP contribution in [0.5, 0.6) is 0 Å². The van der Waals surface area contributed by atoms with Crippen molar-refractivity contribution < 1.29 is 19.1 Å². The topological polar surface area (TPSA) is 98.5 Å². The normalized spacial score (nSPS) is 25.2. The molecule has 0 aromatic rings. The van der Waals surface area contributed by atoms with Crippen LogP contribution in [0.3, 0.4) is 0 Å². The van der Waals surface area contributed by atoms with Crippen LogP contribution < -0.4 is 11.1 Å². The van der Waals surface area contributed by atoms with Crippen molar-refractivity contribution in [3.8, 4) is 0 Å². The molecule has 0 bridgehead atoms. The second kappa shape index (κ2) is 7.38.